The highest BCUT2D eigenvalue weighted by molar-refractivity contribution is 5.83. The normalized spacial score (nSPS) is 32.4. The summed E-state index contributed by atoms with van der Waals surface area (Å²) in [5.41, 5.74) is 4.36. The molecule has 1 N–H and O–H groups in total. The van der Waals surface area contributed by atoms with Gasteiger partial charge in [0.05, 0.1) is 0 Å². The number of benzene rings is 2. The van der Waals surface area contributed by atoms with Crippen LogP contribution in [0.4, 0.5) is 5.69 Å². The van der Waals surface area contributed by atoms with E-state index in [0.29, 0.717) is 5.75 Å². The lowest BCUT2D eigenvalue weighted by atomic mass is 9.48. The molecule has 0 unspecified atom stereocenters. The van der Waals surface area contributed by atoms with E-state index in [-0.39, 0.29) is 5.41 Å². The van der Waals surface area contributed by atoms with Crippen LogP contribution in [0.5, 0.6) is 5.75 Å². The van der Waals surface area contributed by atoms with Gasteiger partial charge in [0.2, 0.25) is 0 Å². The van der Waals surface area contributed by atoms with E-state index in [1.54, 1.807) is 0 Å². The van der Waals surface area contributed by atoms with Crippen LogP contribution in [-0.4, -0.2) is 11.3 Å². The van der Waals surface area contributed by atoms with Crippen molar-refractivity contribution in [2.45, 2.75) is 50.9 Å². The monoisotopic (exact) mass is 345 g/mol. The molecule has 6 rings (SSSR count). The maximum absolute atomic E-state index is 11.1. The summed E-state index contributed by atoms with van der Waals surface area (Å²) in [6, 6.07) is 14.4. The molecule has 134 valence electrons. The lowest BCUT2D eigenvalue weighted by Crippen LogP contribution is -2.48. The average molecular weight is 345 g/mol. The van der Waals surface area contributed by atoms with E-state index in [2.05, 4.69) is 18.0 Å². The number of aliphatic imine (C=N–C) groups is 1. The summed E-state index contributed by atoms with van der Waals surface area (Å²) in [6.07, 6.45) is 9.91. The molecule has 0 atom stereocenters. The van der Waals surface area contributed by atoms with Gasteiger partial charge in [-0.3, -0.25) is 4.99 Å². The molecule has 2 aromatic rings. The molecule has 4 aliphatic carbocycles. The number of nitrogens with zero attached hydrogens (tertiary/aromatic N) is 1. The highest BCUT2D eigenvalue weighted by Crippen LogP contribution is 2.62. The molecule has 0 spiro atoms. The molecule has 0 aliphatic heterocycles. The Morgan fingerprint density at radius 2 is 1.58 bits per heavy atom. The van der Waals surface area contributed by atoms with Gasteiger partial charge in [-0.05, 0) is 85.8 Å². The fraction of sp³-hybridized carbons (Fsp3) is 0.458. The Labute approximate surface area is 156 Å². The quantitative estimate of drug-likeness (QED) is 0.688. The molecule has 0 aromatic heterocycles. The van der Waals surface area contributed by atoms with Crippen LogP contribution in [0.3, 0.4) is 0 Å². The zero-order valence-electron chi connectivity index (χ0n) is 15.5. The van der Waals surface area contributed by atoms with Crippen molar-refractivity contribution in [1.82, 2.24) is 0 Å². The van der Waals surface area contributed by atoms with E-state index in [4.69, 9.17) is 0 Å². The van der Waals surface area contributed by atoms with E-state index in [0.717, 1.165) is 29.0 Å². The van der Waals surface area contributed by atoms with E-state index >= 15 is 0 Å². The fourth-order valence-electron chi connectivity index (χ4n) is 6.39. The molecule has 2 heteroatoms. The van der Waals surface area contributed by atoms with Gasteiger partial charge in [-0.25, -0.2) is 0 Å². The highest BCUT2D eigenvalue weighted by Gasteiger charge is 2.52. The molecule has 0 heterocycles. The standard InChI is InChI=1S/C24H27NO/c1-16-7-21(24-12-18-9-19(13-24)11-20(10-18)14-24)23(26)22(8-16)25-15-17-5-3-2-4-6-17/h2-8,15,18-20,26H,9-14H2,1H3. The topological polar surface area (TPSA) is 32.6 Å². The lowest BCUT2D eigenvalue weighted by Gasteiger charge is -2.57. The molecular formula is C24H27NO. The molecule has 26 heavy (non-hydrogen) atoms. The van der Waals surface area contributed by atoms with E-state index < -0.39 is 0 Å². The van der Waals surface area contributed by atoms with Crippen LogP contribution >= 0.6 is 0 Å². The Bertz CT molecular complexity index is 817. The zero-order valence-corrected chi connectivity index (χ0v) is 15.5. The number of rotatable bonds is 3. The van der Waals surface area contributed by atoms with Crippen LogP contribution in [0.2, 0.25) is 0 Å². The van der Waals surface area contributed by atoms with E-state index in [9.17, 15) is 5.11 Å². The predicted octanol–water partition coefficient (Wildman–Crippen LogP) is 5.92. The Balaban J connectivity index is 1.54. The van der Waals surface area contributed by atoms with Crippen LogP contribution in [0.1, 0.15) is 55.2 Å². The molecule has 0 saturated heterocycles. The van der Waals surface area contributed by atoms with Gasteiger partial charge in [0.15, 0.2) is 0 Å². The zero-order chi connectivity index (χ0) is 17.7. The predicted molar refractivity (Wildman–Crippen MR) is 106 cm³/mol. The summed E-state index contributed by atoms with van der Waals surface area (Å²) >= 11 is 0. The number of aromatic hydroxyl groups is 1. The summed E-state index contributed by atoms with van der Waals surface area (Å²) in [6.45, 7) is 2.13. The van der Waals surface area contributed by atoms with E-state index in [1.807, 2.05) is 42.6 Å². The third-order valence-electron chi connectivity index (χ3n) is 7.00. The van der Waals surface area contributed by atoms with Crippen molar-refractivity contribution in [3.05, 3.63) is 59.2 Å². The molecule has 2 aromatic carbocycles. The van der Waals surface area contributed by atoms with Crippen LogP contribution < -0.4 is 0 Å². The Hall–Kier alpha value is -2.09. The minimum absolute atomic E-state index is 0.196. The van der Waals surface area contributed by atoms with Gasteiger partial charge in [0.25, 0.3) is 0 Å². The molecule has 0 radical (unpaired) electrons. The summed E-state index contributed by atoms with van der Waals surface area (Å²) in [7, 11) is 0. The third-order valence-corrected chi connectivity index (χ3v) is 7.00. The smallest absolute Gasteiger partial charge is 0.144 e. The first-order valence-electron chi connectivity index (χ1n) is 10.0. The van der Waals surface area contributed by atoms with Crippen molar-refractivity contribution in [1.29, 1.82) is 0 Å². The maximum atomic E-state index is 11.1. The molecule has 4 fully saturated rings. The summed E-state index contributed by atoms with van der Waals surface area (Å²) in [5, 5.41) is 11.1. The van der Waals surface area contributed by atoms with Crippen LogP contribution in [0.15, 0.2) is 47.5 Å². The van der Waals surface area contributed by atoms with Gasteiger partial charge in [0, 0.05) is 11.8 Å². The minimum atomic E-state index is 0.196. The maximum Gasteiger partial charge on any atom is 0.144 e. The van der Waals surface area contributed by atoms with E-state index in [1.165, 1.54) is 49.7 Å². The van der Waals surface area contributed by atoms with Gasteiger partial charge >= 0.3 is 0 Å². The van der Waals surface area contributed by atoms with Gasteiger partial charge in [-0.15, -0.1) is 0 Å². The second-order valence-electron chi connectivity index (χ2n) is 9.05. The number of phenols is 1. The number of hydrogen-bond donors (Lipinski definition) is 1. The largest absolute Gasteiger partial charge is 0.505 e. The van der Waals surface area contributed by atoms with Crippen molar-refractivity contribution in [2.24, 2.45) is 22.7 Å². The summed E-state index contributed by atoms with van der Waals surface area (Å²) in [4.78, 5) is 4.65. The van der Waals surface area contributed by atoms with Crippen molar-refractivity contribution in [3.8, 4) is 5.75 Å². The van der Waals surface area contributed by atoms with Crippen molar-refractivity contribution in [3.63, 3.8) is 0 Å². The first kappa shape index (κ1) is 16.1. The number of phenolic OH excluding ortho intramolecular Hbond substituents is 1. The van der Waals surface area contributed by atoms with Crippen LogP contribution in [0, 0.1) is 24.7 Å². The molecular weight excluding hydrogens is 318 g/mol. The Morgan fingerprint density at radius 3 is 2.19 bits per heavy atom. The third kappa shape index (κ3) is 2.67. The van der Waals surface area contributed by atoms with Gasteiger partial charge in [-0.1, -0.05) is 36.4 Å². The van der Waals surface area contributed by atoms with Crippen LogP contribution in [-0.2, 0) is 5.41 Å². The fourth-order valence-corrected chi connectivity index (χ4v) is 6.39. The second-order valence-corrected chi connectivity index (χ2v) is 9.05. The Morgan fingerprint density at radius 1 is 0.962 bits per heavy atom. The number of aryl methyl sites for hydroxylation is 1. The SMILES string of the molecule is Cc1cc(N=Cc2ccccc2)c(O)c(C23CC4CC(CC(C4)C2)C3)c1. The summed E-state index contributed by atoms with van der Waals surface area (Å²) in [5.74, 6) is 3.04. The molecule has 4 saturated carbocycles. The molecule has 0 amide bonds. The van der Waals surface area contributed by atoms with Gasteiger partial charge < -0.3 is 5.11 Å². The number of hydrogen-bond acceptors (Lipinski definition) is 2. The van der Waals surface area contributed by atoms with Crippen LogP contribution in [0.25, 0.3) is 0 Å². The first-order valence-corrected chi connectivity index (χ1v) is 10.0. The molecule has 2 nitrogen and oxygen atoms in total. The first-order chi connectivity index (χ1) is 12.6. The van der Waals surface area contributed by atoms with Crippen molar-refractivity contribution >= 4 is 11.9 Å². The minimum Gasteiger partial charge on any atom is -0.505 e. The van der Waals surface area contributed by atoms with Gasteiger partial charge in [0.1, 0.15) is 11.4 Å². The Kier molecular flexibility index (Phi) is 3.70. The second kappa shape index (κ2) is 5.97. The molecule has 4 bridgehead atoms. The average Bonchev–Trinajstić information content (AvgIpc) is 2.62. The lowest BCUT2D eigenvalue weighted by molar-refractivity contribution is -0.00612. The molecule has 4 aliphatic rings. The van der Waals surface area contributed by atoms with Crippen molar-refractivity contribution < 1.29 is 5.11 Å². The van der Waals surface area contributed by atoms with Crippen molar-refractivity contribution in [2.75, 3.05) is 0 Å². The van der Waals surface area contributed by atoms with Gasteiger partial charge in [-0.2, -0.15) is 0 Å². The highest BCUT2D eigenvalue weighted by atomic mass is 16.3. The summed E-state index contributed by atoms with van der Waals surface area (Å²) < 4.78 is 0.